The largest absolute Gasteiger partial charge is 0.370 e. The highest BCUT2D eigenvalue weighted by Crippen LogP contribution is 2.30. The number of rotatable bonds is 6. The summed E-state index contributed by atoms with van der Waals surface area (Å²) in [6.45, 7) is 4.02. The lowest BCUT2D eigenvalue weighted by Gasteiger charge is -2.30. The highest BCUT2D eigenvalue weighted by Gasteiger charge is 2.17. The molecule has 3 N–H and O–H groups in total. The Balaban J connectivity index is 2.23. The van der Waals surface area contributed by atoms with Gasteiger partial charge in [-0.2, -0.15) is 0 Å². The van der Waals surface area contributed by atoms with Crippen molar-refractivity contribution in [1.29, 1.82) is 0 Å². The molecule has 1 aromatic carbocycles. The molecule has 22 heavy (non-hydrogen) atoms. The molecule has 0 radical (unpaired) electrons. The summed E-state index contributed by atoms with van der Waals surface area (Å²) in [5.74, 6) is -0.490. The monoisotopic (exact) mass is 303 g/mol. The van der Waals surface area contributed by atoms with Crippen molar-refractivity contribution in [3.8, 4) is 0 Å². The van der Waals surface area contributed by atoms with E-state index in [9.17, 15) is 9.59 Å². The lowest BCUT2D eigenvalue weighted by atomic mass is 10.1. The van der Waals surface area contributed by atoms with Crippen LogP contribution >= 0.6 is 0 Å². The van der Waals surface area contributed by atoms with Gasteiger partial charge in [-0.15, -0.1) is 0 Å². The van der Waals surface area contributed by atoms with Crippen molar-refractivity contribution >= 4 is 23.2 Å². The molecule has 0 aromatic heterocycles. The molecule has 0 spiro atoms. The quantitative estimate of drug-likeness (QED) is 0.848. The van der Waals surface area contributed by atoms with Crippen LogP contribution in [0, 0.1) is 0 Å². The Morgan fingerprint density at radius 1 is 1.23 bits per heavy atom. The van der Waals surface area contributed by atoms with Gasteiger partial charge < -0.3 is 16.0 Å². The molecule has 2 amide bonds. The summed E-state index contributed by atoms with van der Waals surface area (Å²) in [6.07, 6.45) is 5.89. The Morgan fingerprint density at radius 2 is 1.95 bits per heavy atom. The molecule has 5 heteroatoms. The molecule has 1 saturated heterocycles. The van der Waals surface area contributed by atoms with Crippen LogP contribution in [0.2, 0.25) is 0 Å². The molecule has 5 nitrogen and oxygen atoms in total. The van der Waals surface area contributed by atoms with Crippen molar-refractivity contribution in [3.63, 3.8) is 0 Å². The van der Waals surface area contributed by atoms with Crippen LogP contribution in [0.25, 0.3) is 0 Å². The number of primary amides is 1. The number of piperidine rings is 1. The Bertz CT molecular complexity index is 537. The molecule has 0 saturated carbocycles. The third kappa shape index (κ3) is 4.23. The summed E-state index contributed by atoms with van der Waals surface area (Å²) in [5, 5.41) is 2.95. The number of carbonyl (C=O) groups is 2. The zero-order valence-corrected chi connectivity index (χ0v) is 13.2. The van der Waals surface area contributed by atoms with Crippen molar-refractivity contribution in [1.82, 2.24) is 0 Å². The van der Waals surface area contributed by atoms with E-state index in [2.05, 4.69) is 17.1 Å². The van der Waals surface area contributed by atoms with Gasteiger partial charge in [0.25, 0.3) is 0 Å². The standard InChI is InChI=1S/C17H25N3O2/c1-2-3-7-16(21)19-14-12-13(17(18)22)8-9-15(14)20-10-5-4-6-11-20/h8-9,12H,2-7,10-11H2,1H3,(H2,18,22)(H,19,21). The normalized spacial score (nSPS) is 14.7. The smallest absolute Gasteiger partial charge is 0.248 e. The maximum atomic E-state index is 12.0. The van der Waals surface area contributed by atoms with Gasteiger partial charge in [0.15, 0.2) is 0 Å². The molecular weight excluding hydrogens is 278 g/mol. The fraction of sp³-hybridized carbons (Fsp3) is 0.529. The van der Waals surface area contributed by atoms with Gasteiger partial charge in [0.1, 0.15) is 0 Å². The van der Waals surface area contributed by atoms with Crippen LogP contribution in [0.15, 0.2) is 18.2 Å². The van der Waals surface area contributed by atoms with Crippen LogP contribution in [-0.2, 0) is 4.79 Å². The van der Waals surface area contributed by atoms with Crippen LogP contribution in [0.5, 0.6) is 0 Å². The van der Waals surface area contributed by atoms with Gasteiger partial charge in [0.2, 0.25) is 11.8 Å². The average Bonchev–Trinajstić information content (AvgIpc) is 2.53. The highest BCUT2D eigenvalue weighted by atomic mass is 16.2. The number of hydrogen-bond donors (Lipinski definition) is 2. The lowest BCUT2D eigenvalue weighted by molar-refractivity contribution is -0.116. The Kier molecular flexibility index (Phi) is 5.81. The molecule has 1 aliphatic rings. The zero-order chi connectivity index (χ0) is 15.9. The van der Waals surface area contributed by atoms with Gasteiger partial charge >= 0.3 is 0 Å². The van der Waals surface area contributed by atoms with Crippen LogP contribution in [0.4, 0.5) is 11.4 Å². The topological polar surface area (TPSA) is 75.4 Å². The van der Waals surface area contributed by atoms with Crippen molar-refractivity contribution in [2.45, 2.75) is 45.4 Å². The molecule has 1 fully saturated rings. The van der Waals surface area contributed by atoms with Crippen molar-refractivity contribution in [2.75, 3.05) is 23.3 Å². The van der Waals surface area contributed by atoms with E-state index >= 15 is 0 Å². The minimum Gasteiger partial charge on any atom is -0.370 e. The summed E-state index contributed by atoms with van der Waals surface area (Å²) in [5.41, 5.74) is 7.45. The van der Waals surface area contributed by atoms with Gasteiger partial charge in [-0.25, -0.2) is 0 Å². The van der Waals surface area contributed by atoms with E-state index in [1.807, 2.05) is 6.07 Å². The third-order valence-corrected chi connectivity index (χ3v) is 4.01. The summed E-state index contributed by atoms with van der Waals surface area (Å²) < 4.78 is 0. The van der Waals surface area contributed by atoms with E-state index < -0.39 is 5.91 Å². The molecule has 2 rings (SSSR count). The first-order chi connectivity index (χ1) is 10.6. The molecule has 0 aliphatic carbocycles. The second kappa shape index (κ2) is 7.82. The number of anilines is 2. The fourth-order valence-corrected chi connectivity index (χ4v) is 2.75. The first-order valence-corrected chi connectivity index (χ1v) is 8.10. The number of hydrogen-bond acceptors (Lipinski definition) is 3. The molecule has 1 aliphatic heterocycles. The van der Waals surface area contributed by atoms with E-state index in [-0.39, 0.29) is 5.91 Å². The van der Waals surface area contributed by atoms with Crippen molar-refractivity contribution in [2.24, 2.45) is 5.73 Å². The number of nitrogens with one attached hydrogen (secondary N) is 1. The summed E-state index contributed by atoms with van der Waals surface area (Å²) in [7, 11) is 0. The Labute approximate surface area is 131 Å². The summed E-state index contributed by atoms with van der Waals surface area (Å²) in [6, 6.07) is 5.31. The van der Waals surface area contributed by atoms with E-state index in [0.717, 1.165) is 44.5 Å². The fourth-order valence-electron chi connectivity index (χ4n) is 2.75. The molecule has 120 valence electrons. The number of unbranched alkanes of at least 4 members (excludes halogenated alkanes) is 1. The summed E-state index contributed by atoms with van der Waals surface area (Å²) >= 11 is 0. The second-order valence-corrected chi connectivity index (χ2v) is 5.80. The molecule has 0 atom stereocenters. The first kappa shape index (κ1) is 16.3. The SMILES string of the molecule is CCCCC(=O)Nc1cc(C(N)=O)ccc1N1CCCCC1. The molecule has 0 bridgehead atoms. The van der Waals surface area contributed by atoms with E-state index in [1.165, 1.54) is 6.42 Å². The highest BCUT2D eigenvalue weighted by molar-refractivity contribution is 5.99. The van der Waals surface area contributed by atoms with Gasteiger partial charge in [0.05, 0.1) is 11.4 Å². The predicted octanol–water partition coefficient (Wildman–Crippen LogP) is 2.90. The minimum atomic E-state index is -0.478. The maximum absolute atomic E-state index is 12.0. The number of carbonyl (C=O) groups excluding carboxylic acids is 2. The lowest BCUT2D eigenvalue weighted by Crippen LogP contribution is -2.30. The average molecular weight is 303 g/mol. The van der Waals surface area contributed by atoms with Crippen LogP contribution in [0.3, 0.4) is 0 Å². The van der Waals surface area contributed by atoms with E-state index in [1.54, 1.807) is 12.1 Å². The number of nitrogens with two attached hydrogens (primary N) is 1. The Morgan fingerprint density at radius 3 is 2.59 bits per heavy atom. The minimum absolute atomic E-state index is 0.0123. The third-order valence-electron chi connectivity index (χ3n) is 4.01. The van der Waals surface area contributed by atoms with Crippen LogP contribution in [-0.4, -0.2) is 24.9 Å². The van der Waals surface area contributed by atoms with Gasteiger partial charge in [-0.05, 0) is 43.9 Å². The van der Waals surface area contributed by atoms with Crippen molar-refractivity contribution in [3.05, 3.63) is 23.8 Å². The van der Waals surface area contributed by atoms with Crippen molar-refractivity contribution < 1.29 is 9.59 Å². The van der Waals surface area contributed by atoms with Gasteiger partial charge in [-0.3, -0.25) is 9.59 Å². The number of amides is 2. The number of nitrogens with zero attached hydrogens (tertiary/aromatic N) is 1. The Hall–Kier alpha value is -2.04. The van der Waals surface area contributed by atoms with Gasteiger partial charge in [0, 0.05) is 25.1 Å². The number of benzene rings is 1. The van der Waals surface area contributed by atoms with Crippen LogP contribution in [0.1, 0.15) is 55.8 Å². The van der Waals surface area contributed by atoms with Crippen LogP contribution < -0.4 is 16.0 Å². The van der Waals surface area contributed by atoms with E-state index in [0.29, 0.717) is 17.7 Å². The maximum Gasteiger partial charge on any atom is 0.248 e. The molecule has 0 unspecified atom stereocenters. The molecule has 1 heterocycles. The van der Waals surface area contributed by atoms with E-state index in [4.69, 9.17) is 5.73 Å². The van der Waals surface area contributed by atoms with Gasteiger partial charge in [-0.1, -0.05) is 13.3 Å². The molecular formula is C17H25N3O2. The summed E-state index contributed by atoms with van der Waals surface area (Å²) in [4.78, 5) is 25.7. The zero-order valence-electron chi connectivity index (χ0n) is 13.2. The first-order valence-electron chi connectivity index (χ1n) is 8.10. The second-order valence-electron chi connectivity index (χ2n) is 5.80. The predicted molar refractivity (Wildman–Crippen MR) is 89.2 cm³/mol. The molecule has 1 aromatic rings.